The van der Waals surface area contributed by atoms with Gasteiger partial charge in [-0.1, -0.05) is 32.0 Å². The van der Waals surface area contributed by atoms with E-state index in [9.17, 15) is 13.2 Å². The zero-order valence-electron chi connectivity index (χ0n) is 21.8. The fourth-order valence-electron chi connectivity index (χ4n) is 7.22. The van der Waals surface area contributed by atoms with Crippen LogP contribution < -0.4 is 10.2 Å². The number of fused-ring (bicyclic) bond motifs is 2. The number of carbonyl (C=O) groups is 1. The van der Waals surface area contributed by atoms with Crippen LogP contribution >= 0.6 is 0 Å². The Morgan fingerprint density at radius 3 is 2.58 bits per heavy atom. The molecule has 3 aliphatic rings. The van der Waals surface area contributed by atoms with Gasteiger partial charge in [-0.15, -0.1) is 0 Å². The number of aromatic amines is 1. The first-order chi connectivity index (χ1) is 17.0. The van der Waals surface area contributed by atoms with Gasteiger partial charge in [-0.3, -0.25) is 4.79 Å². The summed E-state index contributed by atoms with van der Waals surface area (Å²) in [5.74, 6) is 0.0696. The maximum absolute atomic E-state index is 13.9. The molecule has 9 heteroatoms. The largest absolute Gasteiger partial charge is 0.369 e. The topological polar surface area (TPSA) is 98.4 Å². The van der Waals surface area contributed by atoms with E-state index in [1.54, 1.807) is 16.8 Å². The fraction of sp³-hybridized carbons (Fsp3) is 0.630. The molecular weight excluding hydrogens is 474 g/mol. The first-order valence-electron chi connectivity index (χ1n) is 13.1. The Bertz CT molecular complexity index is 1200. The van der Waals surface area contributed by atoms with Crippen molar-refractivity contribution in [3.8, 4) is 0 Å². The second-order valence-electron chi connectivity index (χ2n) is 11.6. The third-order valence-electron chi connectivity index (χ3n) is 9.62. The molecule has 2 N–H and O–H groups in total. The third-order valence-corrected chi connectivity index (χ3v) is 11.7. The van der Waals surface area contributed by atoms with Crippen molar-refractivity contribution in [3.05, 3.63) is 48.0 Å². The van der Waals surface area contributed by atoms with E-state index < -0.39 is 15.4 Å². The molecule has 196 valence electrons. The van der Waals surface area contributed by atoms with Crippen molar-refractivity contribution in [1.82, 2.24) is 19.6 Å². The molecule has 3 fully saturated rings. The molecule has 4 atom stereocenters. The molecule has 2 bridgehead atoms. The van der Waals surface area contributed by atoms with E-state index in [4.69, 9.17) is 0 Å². The van der Waals surface area contributed by atoms with Crippen LogP contribution in [0.1, 0.15) is 57.3 Å². The van der Waals surface area contributed by atoms with Crippen molar-refractivity contribution in [1.29, 1.82) is 0 Å². The van der Waals surface area contributed by atoms with Gasteiger partial charge < -0.3 is 15.2 Å². The van der Waals surface area contributed by atoms with Crippen molar-refractivity contribution >= 4 is 21.6 Å². The fourth-order valence-corrected chi connectivity index (χ4v) is 9.49. The van der Waals surface area contributed by atoms with E-state index >= 15 is 0 Å². The Morgan fingerprint density at radius 2 is 1.94 bits per heavy atom. The van der Waals surface area contributed by atoms with Gasteiger partial charge in [-0.25, -0.2) is 13.4 Å². The van der Waals surface area contributed by atoms with Gasteiger partial charge >= 0.3 is 0 Å². The van der Waals surface area contributed by atoms with Gasteiger partial charge in [0.15, 0.2) is 0 Å². The number of nitrogens with zero attached hydrogens (tertiary/aromatic N) is 3. The molecule has 2 saturated carbocycles. The molecule has 1 aromatic heterocycles. The summed E-state index contributed by atoms with van der Waals surface area (Å²) in [5, 5.41) is 3.14. The van der Waals surface area contributed by atoms with Gasteiger partial charge in [0.1, 0.15) is 0 Å². The summed E-state index contributed by atoms with van der Waals surface area (Å²) in [4.78, 5) is 23.0. The third kappa shape index (κ3) is 4.14. The van der Waals surface area contributed by atoms with Crippen LogP contribution in [0.15, 0.2) is 36.8 Å². The van der Waals surface area contributed by atoms with Gasteiger partial charge in [0, 0.05) is 43.2 Å². The maximum Gasteiger partial charge on any atom is 0.224 e. The Kier molecular flexibility index (Phi) is 6.44. The summed E-state index contributed by atoms with van der Waals surface area (Å²) in [5.41, 5.74) is 2.46. The van der Waals surface area contributed by atoms with Crippen LogP contribution in [0.4, 0.5) is 5.69 Å². The molecule has 1 saturated heterocycles. The number of H-pyrrole nitrogens is 1. The SMILES string of the molecule is Cc1ccccc1N1CCN(S(=O)(=O)C[C@@]23CC[C@@H](C[C@H]2C(=O)NC(C)c2cnc[nH]2)C3(C)C)CC1. The molecule has 2 aliphatic carbocycles. The number of benzene rings is 1. The molecule has 5 rings (SSSR count). The molecular formula is C27H39N5O3S. The van der Waals surface area contributed by atoms with E-state index in [0.717, 1.165) is 25.0 Å². The minimum Gasteiger partial charge on any atom is -0.369 e. The van der Waals surface area contributed by atoms with Crippen molar-refractivity contribution in [2.45, 2.75) is 53.0 Å². The first-order valence-corrected chi connectivity index (χ1v) is 14.7. The van der Waals surface area contributed by atoms with Gasteiger partial charge in [0.05, 0.1) is 30.0 Å². The van der Waals surface area contributed by atoms with Crippen LogP contribution in [0.5, 0.6) is 0 Å². The predicted molar refractivity (Wildman–Crippen MR) is 141 cm³/mol. The lowest BCUT2D eigenvalue weighted by atomic mass is 9.66. The molecule has 2 aromatic rings. The van der Waals surface area contributed by atoms with Crippen LogP contribution in [0.3, 0.4) is 0 Å². The van der Waals surface area contributed by atoms with Crippen molar-refractivity contribution < 1.29 is 13.2 Å². The molecule has 0 radical (unpaired) electrons. The number of sulfonamides is 1. The number of aromatic nitrogens is 2. The van der Waals surface area contributed by atoms with Crippen molar-refractivity contribution in [3.63, 3.8) is 0 Å². The lowest BCUT2D eigenvalue weighted by Crippen LogP contribution is -2.54. The molecule has 36 heavy (non-hydrogen) atoms. The number of piperazine rings is 1. The summed E-state index contributed by atoms with van der Waals surface area (Å²) >= 11 is 0. The lowest BCUT2D eigenvalue weighted by Gasteiger charge is -2.44. The molecule has 1 aliphatic heterocycles. The summed E-state index contributed by atoms with van der Waals surface area (Å²) < 4.78 is 29.4. The smallest absolute Gasteiger partial charge is 0.224 e. The van der Waals surface area contributed by atoms with E-state index in [2.05, 4.69) is 53.1 Å². The number of imidazole rings is 1. The highest BCUT2D eigenvalue weighted by atomic mass is 32.2. The van der Waals surface area contributed by atoms with E-state index in [-0.39, 0.29) is 29.0 Å². The number of carbonyl (C=O) groups excluding carboxylic acids is 1. The Balaban J connectivity index is 1.32. The quantitative estimate of drug-likeness (QED) is 0.591. The van der Waals surface area contributed by atoms with E-state index in [1.165, 1.54) is 11.3 Å². The first kappa shape index (κ1) is 25.3. The standard InChI is InChI=1S/C27H39N5O3S/c1-19-7-5-6-8-24(19)31-11-13-32(14-12-31)36(34,35)17-27-10-9-21(26(27,3)4)15-22(27)25(33)30-20(2)23-16-28-18-29-23/h5-8,16,18,20-22H,9-15,17H2,1-4H3,(H,28,29)(H,30,33)/t20?,21-,22-,27-/m0/s1. The molecule has 0 spiro atoms. The lowest BCUT2D eigenvalue weighted by molar-refractivity contribution is -0.130. The number of hydrogen-bond acceptors (Lipinski definition) is 5. The van der Waals surface area contributed by atoms with E-state index in [1.807, 2.05) is 19.1 Å². The highest BCUT2D eigenvalue weighted by molar-refractivity contribution is 7.89. The van der Waals surface area contributed by atoms with Crippen molar-refractivity contribution in [2.24, 2.45) is 22.7 Å². The van der Waals surface area contributed by atoms with Crippen LogP contribution in [0.25, 0.3) is 0 Å². The summed E-state index contributed by atoms with van der Waals surface area (Å²) in [6.45, 7) is 10.7. The molecule has 1 amide bonds. The average molecular weight is 514 g/mol. The molecule has 1 unspecified atom stereocenters. The van der Waals surface area contributed by atoms with Gasteiger partial charge in [0.2, 0.25) is 15.9 Å². The predicted octanol–water partition coefficient (Wildman–Crippen LogP) is 3.49. The van der Waals surface area contributed by atoms with Crippen LogP contribution in [0.2, 0.25) is 0 Å². The Morgan fingerprint density at radius 1 is 1.22 bits per heavy atom. The second-order valence-corrected chi connectivity index (χ2v) is 13.5. The maximum atomic E-state index is 13.9. The van der Waals surface area contributed by atoms with E-state index in [0.29, 0.717) is 32.1 Å². The van der Waals surface area contributed by atoms with Gasteiger partial charge in [-0.2, -0.15) is 4.31 Å². The number of anilines is 1. The Labute approximate surface area is 214 Å². The van der Waals surface area contributed by atoms with Crippen LogP contribution in [-0.4, -0.2) is 60.5 Å². The number of aryl methyl sites for hydroxylation is 1. The van der Waals surface area contributed by atoms with Crippen molar-refractivity contribution in [2.75, 3.05) is 36.8 Å². The highest BCUT2D eigenvalue weighted by Crippen LogP contribution is 2.68. The minimum absolute atomic E-state index is 0.0352. The number of rotatable bonds is 7. The molecule has 1 aromatic carbocycles. The number of para-hydroxylation sites is 1. The zero-order valence-corrected chi connectivity index (χ0v) is 22.6. The molecule has 8 nitrogen and oxygen atoms in total. The summed E-state index contributed by atoms with van der Waals surface area (Å²) in [6, 6.07) is 8.05. The minimum atomic E-state index is -3.53. The average Bonchev–Trinajstić information content (AvgIpc) is 3.51. The van der Waals surface area contributed by atoms with Gasteiger partial charge in [0.25, 0.3) is 0 Å². The summed E-state index contributed by atoms with van der Waals surface area (Å²) in [7, 11) is -3.53. The van der Waals surface area contributed by atoms with Crippen LogP contribution in [-0.2, 0) is 14.8 Å². The normalized spacial score (nSPS) is 28.8. The second kappa shape index (κ2) is 9.17. The Hall–Kier alpha value is -2.39. The highest BCUT2D eigenvalue weighted by Gasteiger charge is 2.67. The number of amides is 1. The van der Waals surface area contributed by atoms with Crippen LogP contribution in [0, 0.1) is 29.6 Å². The molecule has 2 heterocycles. The van der Waals surface area contributed by atoms with Gasteiger partial charge in [-0.05, 0) is 56.1 Å². The number of nitrogens with one attached hydrogen (secondary N) is 2. The zero-order chi connectivity index (χ0) is 25.7. The summed E-state index contributed by atoms with van der Waals surface area (Å²) in [6.07, 6.45) is 5.84. The number of hydrogen-bond donors (Lipinski definition) is 2. The monoisotopic (exact) mass is 513 g/mol.